The van der Waals surface area contributed by atoms with Gasteiger partial charge >= 0.3 is 21.6 Å². The number of carbonyl (C=O) groups is 3. The number of phosphoric ester groups is 2. The topological polar surface area (TPSA) is 222 Å². The third-order valence-corrected chi connectivity index (χ3v) is 9.35. The van der Waals surface area contributed by atoms with E-state index in [1.807, 2.05) is 54.6 Å². The Morgan fingerprint density at radius 1 is 0.907 bits per heavy atom. The Morgan fingerprint density at radius 3 is 1.94 bits per heavy atom. The van der Waals surface area contributed by atoms with Gasteiger partial charge in [-0.3, -0.25) is 27.7 Å². The van der Waals surface area contributed by atoms with E-state index < -0.39 is 63.4 Å². The monoisotopic (exact) mass is 817 g/mol. The molecule has 1 aromatic heterocycles. The lowest BCUT2D eigenvalue weighted by atomic mass is 9.97. The van der Waals surface area contributed by atoms with Crippen molar-refractivity contribution in [1.82, 2.24) is 15.1 Å². The summed E-state index contributed by atoms with van der Waals surface area (Å²) in [6, 6.07) is 17.4. The number of aliphatic hydroxyl groups is 1. The van der Waals surface area contributed by atoms with Gasteiger partial charge in [-0.25, -0.2) is 18.6 Å². The minimum atomic E-state index is -4.89. The molecule has 3 aromatic rings. The summed E-state index contributed by atoms with van der Waals surface area (Å²) < 4.78 is 48.8. The summed E-state index contributed by atoms with van der Waals surface area (Å²) >= 11 is 5.39. The SMILES string of the molecule is CC(C)(C)OP(=O)(OCCl)OC(C)(C)C.CCOC(=O)[C@H](O)C[C@@H](Cc1ccc(-c2ccccc2)cc1)NC(=O)c1cc(C(C)=O)nn1COP(=O)(O)O. The van der Waals surface area contributed by atoms with Crippen LogP contribution in [-0.2, 0) is 49.9 Å². The van der Waals surface area contributed by atoms with Crippen LogP contribution < -0.4 is 5.32 Å². The standard InChI is InChI=1S/C26H30N3O9P.C9H20ClO4P/c1-3-37-26(33)24(31)14-21(13-18-9-11-20(12-10-18)19-7-5-4-6-8-19)27-25(32)23-15-22(17(2)30)28-29(23)16-38-39(34,35)36;1-8(2,3)13-15(11,12-7-10)14-9(4,5)6/h4-12,15,21,24,31H,3,13-14,16H2,1-2H3,(H,27,32)(H2,34,35,36);7H2,1-6H3/t21-,24-;/m1./s1. The number of phosphoric acid groups is 2. The summed E-state index contributed by atoms with van der Waals surface area (Å²) in [6.07, 6.45) is -1.48. The molecule has 2 atom stereocenters. The molecule has 0 fully saturated rings. The van der Waals surface area contributed by atoms with Crippen LogP contribution in [0.5, 0.6) is 0 Å². The first-order valence-electron chi connectivity index (χ1n) is 16.7. The summed E-state index contributed by atoms with van der Waals surface area (Å²) in [5.74, 6) is -2.08. The van der Waals surface area contributed by atoms with Gasteiger partial charge in [0.15, 0.2) is 18.6 Å². The molecule has 0 unspecified atom stereocenters. The highest BCUT2D eigenvalue weighted by molar-refractivity contribution is 7.48. The Bertz CT molecular complexity index is 1750. The second-order valence-corrected chi connectivity index (χ2v) is 16.7. The maximum Gasteiger partial charge on any atom is 0.476 e. The fourth-order valence-electron chi connectivity index (χ4n) is 4.61. The van der Waals surface area contributed by atoms with Crippen LogP contribution in [0.2, 0.25) is 0 Å². The third-order valence-electron chi connectivity index (χ3n) is 6.64. The highest BCUT2D eigenvalue weighted by atomic mass is 35.5. The van der Waals surface area contributed by atoms with Gasteiger partial charge in [0.2, 0.25) is 0 Å². The molecule has 0 aliphatic carbocycles. The molecule has 0 saturated heterocycles. The number of hydrogen-bond donors (Lipinski definition) is 4. The van der Waals surface area contributed by atoms with E-state index in [9.17, 15) is 28.6 Å². The largest absolute Gasteiger partial charge is 0.476 e. The van der Waals surface area contributed by atoms with Crippen molar-refractivity contribution in [2.24, 2.45) is 0 Å². The van der Waals surface area contributed by atoms with E-state index in [1.165, 1.54) is 6.92 Å². The molecule has 1 amide bonds. The van der Waals surface area contributed by atoms with Crippen molar-refractivity contribution in [3.05, 3.63) is 77.6 Å². The molecule has 0 radical (unpaired) electrons. The molecule has 0 bridgehead atoms. The van der Waals surface area contributed by atoms with Crippen LogP contribution in [0.1, 0.15) is 88.4 Å². The normalized spacial score (nSPS) is 13.3. The van der Waals surface area contributed by atoms with Crippen LogP contribution in [0.3, 0.4) is 0 Å². The fraction of sp³-hybridized carbons (Fsp3) is 0.486. The lowest BCUT2D eigenvalue weighted by Crippen LogP contribution is -2.41. The zero-order valence-corrected chi connectivity index (χ0v) is 34.1. The van der Waals surface area contributed by atoms with Crippen LogP contribution >= 0.6 is 27.2 Å². The van der Waals surface area contributed by atoms with Gasteiger partial charge < -0.3 is 24.9 Å². The molecule has 2 aromatic carbocycles. The number of Topliss-reactive ketones (excluding diaryl/α,β-unsaturated/α-hetero) is 1. The first-order chi connectivity index (χ1) is 24.9. The molecule has 0 spiro atoms. The minimum absolute atomic E-state index is 0.0699. The molecule has 300 valence electrons. The number of amides is 1. The maximum absolute atomic E-state index is 13.2. The summed E-state index contributed by atoms with van der Waals surface area (Å²) in [7, 11) is -8.49. The van der Waals surface area contributed by atoms with E-state index in [4.69, 9.17) is 39.7 Å². The average Bonchev–Trinajstić information content (AvgIpc) is 3.48. The summed E-state index contributed by atoms with van der Waals surface area (Å²) in [4.78, 5) is 55.2. The van der Waals surface area contributed by atoms with Gasteiger partial charge in [-0.2, -0.15) is 5.10 Å². The van der Waals surface area contributed by atoms with Gasteiger partial charge in [-0.15, -0.1) is 0 Å². The van der Waals surface area contributed by atoms with Gasteiger partial charge in [-0.1, -0.05) is 66.2 Å². The molecule has 16 nitrogen and oxygen atoms in total. The van der Waals surface area contributed by atoms with Crippen molar-refractivity contribution in [3.8, 4) is 11.1 Å². The molecule has 4 N–H and O–H groups in total. The molecular weight excluding hydrogens is 768 g/mol. The number of halogens is 1. The molecule has 3 rings (SSSR count). The minimum Gasteiger partial charge on any atom is -0.464 e. The van der Waals surface area contributed by atoms with Gasteiger partial charge in [0.1, 0.15) is 17.5 Å². The van der Waals surface area contributed by atoms with E-state index in [-0.39, 0.29) is 36.9 Å². The van der Waals surface area contributed by atoms with E-state index in [1.54, 1.807) is 48.5 Å². The van der Waals surface area contributed by atoms with Crippen molar-refractivity contribution >= 4 is 44.9 Å². The number of ketones is 1. The lowest BCUT2D eigenvalue weighted by Gasteiger charge is -2.30. The predicted molar refractivity (Wildman–Crippen MR) is 201 cm³/mol. The number of aromatic nitrogens is 2. The Labute approximate surface area is 320 Å². The summed E-state index contributed by atoms with van der Waals surface area (Å²) in [6.45, 7) is 12.7. The molecule has 0 aliphatic rings. The lowest BCUT2D eigenvalue weighted by molar-refractivity contribution is -0.153. The second kappa shape index (κ2) is 20.6. The highest BCUT2D eigenvalue weighted by Crippen LogP contribution is 2.55. The quantitative estimate of drug-likeness (QED) is 0.0500. The van der Waals surface area contributed by atoms with Crippen LogP contribution in [0.15, 0.2) is 60.7 Å². The van der Waals surface area contributed by atoms with Crippen molar-refractivity contribution in [3.63, 3.8) is 0 Å². The number of alkyl halides is 1. The van der Waals surface area contributed by atoms with Crippen molar-refractivity contribution in [2.75, 3.05) is 12.7 Å². The van der Waals surface area contributed by atoms with E-state index in [2.05, 4.69) is 14.9 Å². The average molecular weight is 818 g/mol. The number of ether oxygens (including phenoxy) is 1. The van der Waals surface area contributed by atoms with Gasteiger partial charge in [-0.05, 0) is 71.6 Å². The highest BCUT2D eigenvalue weighted by Gasteiger charge is 2.37. The predicted octanol–water partition coefficient (Wildman–Crippen LogP) is 6.41. The van der Waals surface area contributed by atoms with Crippen LogP contribution in [0.25, 0.3) is 11.1 Å². The number of rotatable bonds is 17. The van der Waals surface area contributed by atoms with Crippen molar-refractivity contribution in [1.29, 1.82) is 0 Å². The first kappa shape index (κ1) is 46.9. The van der Waals surface area contributed by atoms with E-state index in [0.29, 0.717) is 0 Å². The molecule has 19 heteroatoms. The number of benzene rings is 2. The number of carbonyl (C=O) groups excluding carboxylic acids is 3. The van der Waals surface area contributed by atoms with Gasteiger partial charge in [0, 0.05) is 25.5 Å². The second-order valence-electron chi connectivity index (χ2n) is 13.8. The maximum atomic E-state index is 13.2. The van der Waals surface area contributed by atoms with Crippen LogP contribution in [0, 0.1) is 0 Å². The molecule has 0 saturated carbocycles. The number of aliphatic hydroxyl groups excluding tert-OH is 1. The third kappa shape index (κ3) is 17.5. The molecule has 1 heterocycles. The van der Waals surface area contributed by atoms with Gasteiger partial charge in [0.05, 0.1) is 17.8 Å². The van der Waals surface area contributed by atoms with Crippen molar-refractivity contribution < 1.29 is 61.2 Å². The van der Waals surface area contributed by atoms with E-state index in [0.717, 1.165) is 27.4 Å². The number of esters is 1. The number of nitrogens with one attached hydrogen (secondary N) is 1. The Hall–Kier alpha value is -3.27. The van der Waals surface area contributed by atoms with Crippen molar-refractivity contribution in [2.45, 2.75) is 98.3 Å². The Morgan fingerprint density at radius 2 is 1.46 bits per heavy atom. The first-order valence-corrected chi connectivity index (χ1v) is 20.3. The zero-order chi connectivity index (χ0) is 40.9. The van der Waals surface area contributed by atoms with E-state index >= 15 is 0 Å². The fourth-order valence-corrected chi connectivity index (χ4v) is 6.83. The Balaban J connectivity index is 0.000000567. The number of nitrogens with zero attached hydrogens (tertiary/aromatic N) is 2. The van der Waals surface area contributed by atoms with Crippen LogP contribution in [-0.4, -0.2) is 78.4 Å². The molecular formula is C35H50ClN3O13P2. The van der Waals surface area contributed by atoms with Crippen LogP contribution in [0.4, 0.5) is 0 Å². The Kier molecular flexibility index (Phi) is 17.9. The number of hydrogen-bond acceptors (Lipinski definition) is 12. The summed E-state index contributed by atoms with van der Waals surface area (Å²) in [5.41, 5.74) is 1.26. The molecule has 0 aliphatic heterocycles. The summed E-state index contributed by atoms with van der Waals surface area (Å²) in [5, 5.41) is 17.0. The smallest absolute Gasteiger partial charge is 0.464 e. The van der Waals surface area contributed by atoms with Gasteiger partial charge in [0.25, 0.3) is 5.91 Å². The zero-order valence-electron chi connectivity index (χ0n) is 31.6. The molecule has 54 heavy (non-hydrogen) atoms.